The number of anilines is 1. The average molecular weight is 261 g/mol. The third kappa shape index (κ3) is 2.95. The maximum atomic E-state index is 4.36. The molecule has 0 amide bonds. The lowest BCUT2D eigenvalue weighted by atomic mass is 10.3. The van der Waals surface area contributed by atoms with E-state index in [2.05, 4.69) is 25.3 Å². The van der Waals surface area contributed by atoms with Gasteiger partial charge in [0, 0.05) is 24.0 Å². The zero-order valence-electron chi connectivity index (χ0n) is 10.6. The Kier molecular flexibility index (Phi) is 4.09. The maximum Gasteiger partial charge on any atom is 0.194 e. The van der Waals surface area contributed by atoms with Crippen LogP contribution in [0, 0.1) is 13.8 Å². The lowest BCUT2D eigenvalue weighted by Crippen LogP contribution is -2.03. The highest BCUT2D eigenvalue weighted by atomic mass is 32.2. The van der Waals surface area contributed by atoms with E-state index in [4.69, 9.17) is 0 Å². The average Bonchev–Trinajstić information content (AvgIpc) is 2.35. The molecule has 2 aromatic heterocycles. The molecule has 0 aromatic carbocycles. The van der Waals surface area contributed by atoms with Crippen LogP contribution in [0.25, 0.3) is 0 Å². The van der Waals surface area contributed by atoms with Crippen molar-refractivity contribution in [2.45, 2.75) is 31.0 Å². The van der Waals surface area contributed by atoms with Gasteiger partial charge in [-0.05, 0) is 38.6 Å². The second-order valence-corrected chi connectivity index (χ2v) is 4.72. The fourth-order valence-corrected chi connectivity index (χ4v) is 2.27. The first-order valence-electron chi connectivity index (χ1n) is 5.73. The fraction of sp³-hybridized carbons (Fsp3) is 0.333. The van der Waals surface area contributed by atoms with Gasteiger partial charge in [0.2, 0.25) is 0 Å². The molecule has 0 aliphatic rings. The molecule has 0 spiro atoms. The first kappa shape index (κ1) is 12.8. The highest BCUT2D eigenvalue weighted by Gasteiger charge is 2.09. The van der Waals surface area contributed by atoms with E-state index in [1.807, 2.05) is 26.8 Å². The molecule has 0 fully saturated rings. The number of hydrogen-bond acceptors (Lipinski definition) is 6. The van der Waals surface area contributed by atoms with Gasteiger partial charge < -0.3 is 5.32 Å². The molecule has 0 radical (unpaired) electrons. The van der Waals surface area contributed by atoms with Crippen molar-refractivity contribution in [1.29, 1.82) is 0 Å². The maximum absolute atomic E-state index is 4.36. The Morgan fingerprint density at radius 3 is 2.78 bits per heavy atom. The zero-order valence-corrected chi connectivity index (χ0v) is 11.5. The van der Waals surface area contributed by atoms with E-state index in [0.29, 0.717) is 5.16 Å². The molecular formula is C12H15N5S. The number of aromatic nitrogens is 4. The summed E-state index contributed by atoms with van der Waals surface area (Å²) in [7, 11) is 0. The standard InChI is InChI=1S/C12H15N5S/c1-4-13-10-9(3)11(16-7-15-10)18-12-14-6-5-8(2)17-12/h5-7H,4H2,1-3H3,(H,13,15,16). The summed E-state index contributed by atoms with van der Waals surface area (Å²) in [6, 6.07) is 1.88. The molecule has 94 valence electrons. The van der Waals surface area contributed by atoms with Gasteiger partial charge in [-0.2, -0.15) is 0 Å². The van der Waals surface area contributed by atoms with Gasteiger partial charge in [0.1, 0.15) is 17.2 Å². The Morgan fingerprint density at radius 1 is 1.22 bits per heavy atom. The van der Waals surface area contributed by atoms with Crippen molar-refractivity contribution in [2.75, 3.05) is 11.9 Å². The van der Waals surface area contributed by atoms with Crippen LogP contribution in [0.5, 0.6) is 0 Å². The minimum atomic E-state index is 0.708. The van der Waals surface area contributed by atoms with Crippen LogP contribution in [0.2, 0.25) is 0 Å². The second kappa shape index (κ2) is 5.77. The van der Waals surface area contributed by atoms with Crippen molar-refractivity contribution in [2.24, 2.45) is 0 Å². The van der Waals surface area contributed by atoms with E-state index in [0.717, 1.165) is 28.6 Å². The van der Waals surface area contributed by atoms with Crippen molar-refractivity contribution in [1.82, 2.24) is 19.9 Å². The molecule has 0 aliphatic heterocycles. The van der Waals surface area contributed by atoms with E-state index < -0.39 is 0 Å². The van der Waals surface area contributed by atoms with Crippen molar-refractivity contribution < 1.29 is 0 Å². The topological polar surface area (TPSA) is 63.6 Å². The van der Waals surface area contributed by atoms with E-state index in [1.54, 1.807) is 12.5 Å². The van der Waals surface area contributed by atoms with Gasteiger partial charge in [-0.25, -0.2) is 19.9 Å². The summed E-state index contributed by atoms with van der Waals surface area (Å²) in [6.07, 6.45) is 3.31. The summed E-state index contributed by atoms with van der Waals surface area (Å²) in [5.74, 6) is 0.864. The predicted molar refractivity (Wildman–Crippen MR) is 71.8 cm³/mol. The summed E-state index contributed by atoms with van der Waals surface area (Å²) >= 11 is 1.46. The van der Waals surface area contributed by atoms with Gasteiger partial charge in [0.15, 0.2) is 5.16 Å². The lowest BCUT2D eigenvalue weighted by molar-refractivity contribution is 0.919. The normalized spacial score (nSPS) is 10.4. The number of nitrogens with zero attached hydrogens (tertiary/aromatic N) is 4. The monoisotopic (exact) mass is 261 g/mol. The van der Waals surface area contributed by atoms with Crippen LogP contribution in [0.4, 0.5) is 5.82 Å². The highest BCUT2D eigenvalue weighted by Crippen LogP contribution is 2.28. The Labute approximate surface area is 110 Å². The van der Waals surface area contributed by atoms with Gasteiger partial charge in [-0.15, -0.1) is 0 Å². The molecule has 0 atom stereocenters. The number of hydrogen-bond donors (Lipinski definition) is 1. The lowest BCUT2D eigenvalue weighted by Gasteiger charge is -2.08. The summed E-state index contributed by atoms with van der Waals surface area (Å²) in [6.45, 7) is 6.82. The summed E-state index contributed by atoms with van der Waals surface area (Å²) in [5.41, 5.74) is 1.97. The first-order chi connectivity index (χ1) is 8.70. The summed E-state index contributed by atoms with van der Waals surface area (Å²) in [5, 5.41) is 4.80. The summed E-state index contributed by atoms with van der Waals surface area (Å²) < 4.78 is 0. The number of aryl methyl sites for hydroxylation is 1. The molecule has 6 heteroatoms. The van der Waals surface area contributed by atoms with Gasteiger partial charge in [-0.3, -0.25) is 0 Å². The second-order valence-electron chi connectivity index (χ2n) is 3.77. The van der Waals surface area contributed by atoms with Crippen LogP contribution in [-0.2, 0) is 0 Å². The molecule has 2 aromatic rings. The Bertz CT molecular complexity index is 544. The van der Waals surface area contributed by atoms with Gasteiger partial charge in [0.05, 0.1) is 0 Å². The molecular weight excluding hydrogens is 246 g/mol. The molecule has 2 heterocycles. The van der Waals surface area contributed by atoms with E-state index in [9.17, 15) is 0 Å². The largest absolute Gasteiger partial charge is 0.370 e. The molecule has 0 unspecified atom stereocenters. The Morgan fingerprint density at radius 2 is 2.06 bits per heavy atom. The van der Waals surface area contributed by atoms with Crippen LogP contribution in [-0.4, -0.2) is 26.5 Å². The van der Waals surface area contributed by atoms with E-state index in [1.165, 1.54) is 11.8 Å². The summed E-state index contributed by atoms with van der Waals surface area (Å²) in [4.78, 5) is 17.1. The minimum absolute atomic E-state index is 0.708. The molecule has 0 aliphatic carbocycles. The van der Waals surface area contributed by atoms with Crippen LogP contribution in [0.3, 0.4) is 0 Å². The first-order valence-corrected chi connectivity index (χ1v) is 6.55. The van der Waals surface area contributed by atoms with Gasteiger partial charge in [-0.1, -0.05) is 0 Å². The molecule has 1 N–H and O–H groups in total. The molecule has 18 heavy (non-hydrogen) atoms. The molecule has 0 saturated heterocycles. The third-order valence-corrected chi connectivity index (χ3v) is 3.33. The van der Waals surface area contributed by atoms with Crippen LogP contribution in [0.15, 0.2) is 28.8 Å². The molecule has 2 rings (SSSR count). The highest BCUT2D eigenvalue weighted by molar-refractivity contribution is 7.99. The van der Waals surface area contributed by atoms with Gasteiger partial charge >= 0.3 is 0 Å². The van der Waals surface area contributed by atoms with Crippen molar-refractivity contribution in [3.8, 4) is 0 Å². The van der Waals surface area contributed by atoms with Crippen LogP contribution >= 0.6 is 11.8 Å². The zero-order chi connectivity index (χ0) is 13.0. The number of nitrogens with one attached hydrogen (secondary N) is 1. The Hall–Kier alpha value is -1.69. The smallest absolute Gasteiger partial charge is 0.194 e. The SMILES string of the molecule is CCNc1ncnc(Sc2nccc(C)n2)c1C. The quantitative estimate of drug-likeness (QED) is 0.674. The van der Waals surface area contributed by atoms with Crippen molar-refractivity contribution in [3.05, 3.63) is 29.8 Å². The fourth-order valence-electron chi connectivity index (χ4n) is 1.44. The molecule has 0 bridgehead atoms. The van der Waals surface area contributed by atoms with Crippen LogP contribution < -0.4 is 5.32 Å². The van der Waals surface area contributed by atoms with E-state index >= 15 is 0 Å². The third-order valence-electron chi connectivity index (χ3n) is 2.34. The van der Waals surface area contributed by atoms with Crippen molar-refractivity contribution in [3.63, 3.8) is 0 Å². The molecule has 5 nitrogen and oxygen atoms in total. The molecule has 0 saturated carbocycles. The number of rotatable bonds is 4. The minimum Gasteiger partial charge on any atom is -0.370 e. The van der Waals surface area contributed by atoms with E-state index in [-0.39, 0.29) is 0 Å². The van der Waals surface area contributed by atoms with Gasteiger partial charge in [0.25, 0.3) is 0 Å². The van der Waals surface area contributed by atoms with Crippen molar-refractivity contribution >= 4 is 17.6 Å². The Balaban J connectivity index is 2.26. The van der Waals surface area contributed by atoms with Crippen LogP contribution in [0.1, 0.15) is 18.2 Å². The predicted octanol–water partition coefficient (Wildman–Crippen LogP) is 2.47.